The molecule has 1 atom stereocenters. The van der Waals surface area contributed by atoms with Gasteiger partial charge in [-0.15, -0.1) is 0 Å². The molecule has 7 heteroatoms. The molecule has 0 saturated carbocycles. The number of aliphatic carboxylic acids is 1. The highest BCUT2D eigenvalue weighted by molar-refractivity contribution is 5.76. The summed E-state index contributed by atoms with van der Waals surface area (Å²) in [6, 6.07) is 2.58. The zero-order valence-corrected chi connectivity index (χ0v) is 10.4. The van der Waals surface area contributed by atoms with E-state index in [1.54, 1.807) is 0 Å². The second kappa shape index (κ2) is 5.96. The van der Waals surface area contributed by atoms with Crippen LogP contribution in [0.3, 0.4) is 0 Å². The van der Waals surface area contributed by atoms with E-state index in [0.29, 0.717) is 0 Å². The van der Waals surface area contributed by atoms with Gasteiger partial charge in [0.15, 0.2) is 0 Å². The molecule has 102 valence electrons. The lowest BCUT2D eigenvalue weighted by molar-refractivity contribution is -0.138. The van der Waals surface area contributed by atoms with Crippen LogP contribution >= 0.6 is 0 Å². The van der Waals surface area contributed by atoms with Crippen LogP contribution in [-0.2, 0) is 14.4 Å². The van der Waals surface area contributed by atoms with Gasteiger partial charge in [-0.3, -0.25) is 14.4 Å². The maximum atomic E-state index is 10.9. The Morgan fingerprint density at radius 3 is 1.79 bits per heavy atom. The monoisotopic (exact) mass is 267 g/mol. The zero-order chi connectivity index (χ0) is 14.6. The van der Waals surface area contributed by atoms with Crippen LogP contribution in [0.5, 0.6) is 11.5 Å². The van der Waals surface area contributed by atoms with Gasteiger partial charge in [0.2, 0.25) is 0 Å². The first-order chi connectivity index (χ1) is 8.79. The first-order valence-corrected chi connectivity index (χ1v) is 5.30. The number of carboxylic acid groups (broad SMARTS) is 1. The third-order valence-electron chi connectivity index (χ3n) is 2.05. The molecule has 1 rings (SSSR count). The van der Waals surface area contributed by atoms with Gasteiger partial charge in [0, 0.05) is 19.9 Å². The van der Waals surface area contributed by atoms with Crippen molar-refractivity contribution >= 4 is 17.9 Å². The minimum Gasteiger partial charge on any atom is -0.480 e. The largest absolute Gasteiger partial charge is 0.480 e. The van der Waals surface area contributed by atoms with Gasteiger partial charge < -0.3 is 20.3 Å². The number of rotatable bonds is 4. The predicted octanol–water partition coefficient (Wildman–Crippen LogP) is 0.622. The van der Waals surface area contributed by atoms with E-state index >= 15 is 0 Å². The van der Waals surface area contributed by atoms with E-state index in [9.17, 15) is 14.4 Å². The van der Waals surface area contributed by atoms with Crippen molar-refractivity contribution in [1.29, 1.82) is 0 Å². The van der Waals surface area contributed by atoms with Gasteiger partial charge in [0.1, 0.15) is 17.5 Å². The molecule has 0 radical (unpaired) electrons. The molecule has 7 nitrogen and oxygen atoms in total. The number of carbonyl (C=O) groups excluding carboxylic acids is 2. The van der Waals surface area contributed by atoms with E-state index in [-0.39, 0.29) is 17.1 Å². The normalized spacial score (nSPS) is 11.5. The van der Waals surface area contributed by atoms with E-state index in [4.69, 9.17) is 20.3 Å². The highest BCUT2D eigenvalue weighted by atomic mass is 16.5. The summed E-state index contributed by atoms with van der Waals surface area (Å²) in [5.74, 6) is -2.32. The smallest absolute Gasteiger partial charge is 0.325 e. The predicted molar refractivity (Wildman–Crippen MR) is 63.6 cm³/mol. The number of hydrogen-bond acceptors (Lipinski definition) is 6. The summed E-state index contributed by atoms with van der Waals surface area (Å²) in [5.41, 5.74) is 5.61. The van der Waals surface area contributed by atoms with Crippen molar-refractivity contribution in [3.63, 3.8) is 0 Å². The van der Waals surface area contributed by atoms with Gasteiger partial charge in [0.25, 0.3) is 0 Å². The molecule has 0 aromatic heterocycles. The standard InChI is InChI=1S/C12H13NO6/c1-6(14)18-9-3-8(11(13)12(16)17)4-10(5-9)19-7(2)15/h3-5,11H,13H2,1-2H3,(H,16,17)/t11-/m0/s1. The third kappa shape index (κ3) is 4.40. The molecule has 0 amide bonds. The molecule has 0 saturated heterocycles. The summed E-state index contributed by atoms with van der Waals surface area (Å²) in [7, 11) is 0. The fourth-order valence-electron chi connectivity index (χ4n) is 1.37. The number of ether oxygens (including phenoxy) is 2. The van der Waals surface area contributed by atoms with Gasteiger partial charge in [-0.25, -0.2) is 0 Å². The van der Waals surface area contributed by atoms with Crippen LogP contribution in [-0.4, -0.2) is 23.0 Å². The number of carbonyl (C=O) groups is 3. The maximum Gasteiger partial charge on any atom is 0.325 e. The molecule has 0 heterocycles. The number of nitrogens with two attached hydrogens (primary N) is 1. The van der Waals surface area contributed by atoms with Crippen molar-refractivity contribution < 1.29 is 29.0 Å². The average Bonchev–Trinajstić information content (AvgIpc) is 2.25. The molecule has 0 spiro atoms. The summed E-state index contributed by atoms with van der Waals surface area (Å²) < 4.78 is 9.66. The molecular weight excluding hydrogens is 254 g/mol. The number of carboxylic acids is 1. The van der Waals surface area contributed by atoms with E-state index in [1.165, 1.54) is 32.0 Å². The summed E-state index contributed by atoms with van der Waals surface area (Å²) in [5, 5.41) is 8.84. The van der Waals surface area contributed by atoms with E-state index in [1.807, 2.05) is 0 Å². The summed E-state index contributed by atoms with van der Waals surface area (Å²) >= 11 is 0. The van der Waals surface area contributed by atoms with Crippen molar-refractivity contribution in [2.75, 3.05) is 0 Å². The molecule has 0 aliphatic rings. The van der Waals surface area contributed by atoms with Crippen LogP contribution in [0.15, 0.2) is 18.2 Å². The van der Waals surface area contributed by atoms with E-state index in [0.717, 1.165) is 0 Å². The Labute approximate surface area is 108 Å². The zero-order valence-electron chi connectivity index (χ0n) is 10.4. The van der Waals surface area contributed by atoms with E-state index in [2.05, 4.69) is 0 Å². The second-order valence-corrected chi connectivity index (χ2v) is 3.74. The molecule has 3 N–H and O–H groups in total. The molecule has 1 aromatic carbocycles. The quantitative estimate of drug-likeness (QED) is 0.606. The van der Waals surface area contributed by atoms with E-state index < -0.39 is 23.9 Å². The Balaban J connectivity index is 3.18. The van der Waals surface area contributed by atoms with Crippen LogP contribution in [0, 0.1) is 0 Å². The Hall–Kier alpha value is -2.41. The highest BCUT2D eigenvalue weighted by Gasteiger charge is 2.17. The van der Waals surface area contributed by atoms with Crippen molar-refractivity contribution in [1.82, 2.24) is 0 Å². The van der Waals surface area contributed by atoms with Crippen LogP contribution in [0.4, 0.5) is 0 Å². The first-order valence-electron chi connectivity index (χ1n) is 5.30. The first kappa shape index (κ1) is 14.7. The van der Waals surface area contributed by atoms with Crippen molar-refractivity contribution in [3.8, 4) is 11.5 Å². The molecule has 19 heavy (non-hydrogen) atoms. The van der Waals surface area contributed by atoms with Gasteiger partial charge in [0.05, 0.1) is 0 Å². The molecule has 0 aliphatic carbocycles. The van der Waals surface area contributed by atoms with Gasteiger partial charge in [-0.1, -0.05) is 0 Å². The Bertz CT molecular complexity index is 491. The van der Waals surface area contributed by atoms with Gasteiger partial charge >= 0.3 is 17.9 Å². The Morgan fingerprint density at radius 2 is 1.47 bits per heavy atom. The van der Waals surface area contributed by atoms with Crippen LogP contribution in [0.25, 0.3) is 0 Å². The number of esters is 2. The molecule has 0 unspecified atom stereocenters. The topological polar surface area (TPSA) is 116 Å². The third-order valence-corrected chi connectivity index (χ3v) is 2.05. The fourth-order valence-corrected chi connectivity index (χ4v) is 1.37. The van der Waals surface area contributed by atoms with Crippen molar-refractivity contribution in [2.24, 2.45) is 5.73 Å². The lowest BCUT2D eigenvalue weighted by Crippen LogP contribution is -2.21. The maximum absolute atomic E-state index is 10.9. The molecular formula is C12H13NO6. The Kier molecular flexibility index (Phi) is 4.60. The van der Waals surface area contributed by atoms with Crippen molar-refractivity contribution in [3.05, 3.63) is 23.8 Å². The summed E-state index contributed by atoms with van der Waals surface area (Å²) in [6.07, 6.45) is 0. The minimum absolute atomic E-state index is 0.0537. The Morgan fingerprint density at radius 1 is 1.05 bits per heavy atom. The molecule has 0 bridgehead atoms. The molecule has 0 fully saturated rings. The lowest BCUT2D eigenvalue weighted by Gasteiger charge is -2.11. The van der Waals surface area contributed by atoms with Crippen LogP contribution in [0.1, 0.15) is 25.5 Å². The number of benzene rings is 1. The molecule has 0 aliphatic heterocycles. The van der Waals surface area contributed by atoms with Crippen LogP contribution < -0.4 is 15.2 Å². The molecule has 1 aromatic rings. The SMILES string of the molecule is CC(=O)Oc1cc(OC(C)=O)cc([C@H](N)C(=O)O)c1. The number of hydrogen-bond donors (Lipinski definition) is 2. The van der Waals surface area contributed by atoms with Crippen LogP contribution in [0.2, 0.25) is 0 Å². The summed E-state index contributed by atoms with van der Waals surface area (Å²) in [4.78, 5) is 32.6. The van der Waals surface area contributed by atoms with Gasteiger partial charge in [-0.05, 0) is 17.7 Å². The fraction of sp³-hybridized carbons (Fsp3) is 0.250. The van der Waals surface area contributed by atoms with Gasteiger partial charge in [-0.2, -0.15) is 0 Å². The van der Waals surface area contributed by atoms with Crippen molar-refractivity contribution in [2.45, 2.75) is 19.9 Å². The minimum atomic E-state index is -1.31. The highest BCUT2D eigenvalue weighted by Crippen LogP contribution is 2.26. The summed E-state index contributed by atoms with van der Waals surface area (Å²) in [6.45, 7) is 2.38. The second-order valence-electron chi connectivity index (χ2n) is 3.74. The average molecular weight is 267 g/mol. The lowest BCUT2D eigenvalue weighted by atomic mass is 10.1.